The number of nitriles is 2. The first-order valence-corrected chi connectivity index (χ1v) is 5.05. The van der Waals surface area contributed by atoms with Crippen molar-refractivity contribution in [1.82, 2.24) is 4.90 Å². The van der Waals surface area contributed by atoms with E-state index in [2.05, 4.69) is 0 Å². The highest BCUT2D eigenvalue weighted by Gasteiger charge is 2.07. The van der Waals surface area contributed by atoms with E-state index in [1.807, 2.05) is 12.1 Å². The molecule has 0 fully saturated rings. The molecule has 0 atom stereocenters. The van der Waals surface area contributed by atoms with Crippen LogP contribution in [0.4, 0.5) is 5.69 Å². The minimum Gasteiger partial charge on any atom is -0.399 e. The normalized spacial score (nSPS) is 9.75. The van der Waals surface area contributed by atoms with Crippen LogP contribution in [0.25, 0.3) is 0 Å². The summed E-state index contributed by atoms with van der Waals surface area (Å²) in [5.41, 5.74) is 7.03. The van der Waals surface area contributed by atoms with Crippen molar-refractivity contribution in [2.24, 2.45) is 0 Å². The molecule has 2 N–H and O–H groups in total. The van der Waals surface area contributed by atoms with Crippen LogP contribution in [0.15, 0.2) is 18.2 Å². The number of nitrogens with zero attached hydrogens (tertiary/aromatic N) is 3. The Morgan fingerprint density at radius 3 is 2.38 bits per heavy atom. The van der Waals surface area contributed by atoms with Crippen LogP contribution in [0.5, 0.6) is 0 Å². The number of nitrogen functional groups attached to an aromatic ring is 1. The topological polar surface area (TPSA) is 76.8 Å². The highest BCUT2D eigenvalue weighted by Crippen LogP contribution is 2.20. The standard InChI is InChI=1S/C11H11ClN4/c12-11-7-10(15)2-1-9(11)8-16(5-3-13)6-4-14/h1-2,7H,5-6,8,15H2. The van der Waals surface area contributed by atoms with E-state index >= 15 is 0 Å². The van der Waals surface area contributed by atoms with E-state index in [0.717, 1.165) is 5.56 Å². The molecule has 0 aliphatic rings. The van der Waals surface area contributed by atoms with E-state index in [4.69, 9.17) is 27.9 Å². The predicted molar refractivity (Wildman–Crippen MR) is 62.4 cm³/mol. The van der Waals surface area contributed by atoms with Gasteiger partial charge in [-0.1, -0.05) is 17.7 Å². The quantitative estimate of drug-likeness (QED) is 0.636. The third-order valence-corrected chi connectivity index (χ3v) is 2.41. The molecule has 0 saturated heterocycles. The fourth-order valence-corrected chi connectivity index (χ4v) is 1.55. The molecule has 1 aromatic rings. The number of hydrogen-bond donors (Lipinski definition) is 1. The van der Waals surface area contributed by atoms with Crippen LogP contribution in [-0.4, -0.2) is 18.0 Å². The zero-order valence-corrected chi connectivity index (χ0v) is 9.41. The van der Waals surface area contributed by atoms with Gasteiger partial charge in [-0.3, -0.25) is 4.90 Å². The second kappa shape index (κ2) is 5.97. The van der Waals surface area contributed by atoms with E-state index in [1.54, 1.807) is 23.1 Å². The summed E-state index contributed by atoms with van der Waals surface area (Å²) in [6, 6.07) is 9.24. The maximum Gasteiger partial charge on any atom is 0.0877 e. The number of rotatable bonds is 4. The van der Waals surface area contributed by atoms with Crippen LogP contribution in [-0.2, 0) is 6.54 Å². The number of hydrogen-bond acceptors (Lipinski definition) is 4. The highest BCUT2D eigenvalue weighted by molar-refractivity contribution is 6.31. The van der Waals surface area contributed by atoms with Crippen LogP contribution in [0.1, 0.15) is 5.56 Å². The summed E-state index contributed by atoms with van der Waals surface area (Å²) in [5.74, 6) is 0. The summed E-state index contributed by atoms with van der Waals surface area (Å²) >= 11 is 6.00. The lowest BCUT2D eigenvalue weighted by atomic mass is 10.2. The molecular weight excluding hydrogens is 224 g/mol. The molecule has 4 nitrogen and oxygen atoms in total. The van der Waals surface area contributed by atoms with Crippen molar-refractivity contribution < 1.29 is 0 Å². The molecule has 0 radical (unpaired) electrons. The first-order chi connectivity index (χ1) is 7.67. The van der Waals surface area contributed by atoms with Crippen LogP contribution < -0.4 is 5.73 Å². The Balaban J connectivity index is 2.78. The fourth-order valence-electron chi connectivity index (χ4n) is 1.30. The van der Waals surface area contributed by atoms with Gasteiger partial charge in [0.05, 0.1) is 25.2 Å². The Bertz CT molecular complexity index is 428. The Morgan fingerprint density at radius 2 is 1.88 bits per heavy atom. The maximum absolute atomic E-state index is 8.60. The summed E-state index contributed by atoms with van der Waals surface area (Å²) in [5, 5.41) is 17.8. The minimum atomic E-state index is 0.203. The summed E-state index contributed by atoms with van der Waals surface area (Å²) in [7, 11) is 0. The Labute approximate surface area is 99.4 Å². The smallest absolute Gasteiger partial charge is 0.0877 e. The molecule has 0 bridgehead atoms. The largest absolute Gasteiger partial charge is 0.399 e. The highest BCUT2D eigenvalue weighted by atomic mass is 35.5. The second-order valence-electron chi connectivity index (χ2n) is 3.31. The Morgan fingerprint density at radius 1 is 1.25 bits per heavy atom. The van der Waals surface area contributed by atoms with Crippen LogP contribution in [0.2, 0.25) is 5.02 Å². The van der Waals surface area contributed by atoms with Crippen LogP contribution in [0, 0.1) is 22.7 Å². The Hall–Kier alpha value is -1.75. The van der Waals surface area contributed by atoms with E-state index in [0.29, 0.717) is 17.3 Å². The fraction of sp³-hybridized carbons (Fsp3) is 0.273. The molecule has 0 saturated carbocycles. The zero-order valence-electron chi connectivity index (χ0n) is 8.65. The molecule has 5 heteroatoms. The van der Waals surface area contributed by atoms with Crippen molar-refractivity contribution in [1.29, 1.82) is 10.5 Å². The number of halogens is 1. The minimum absolute atomic E-state index is 0.203. The lowest BCUT2D eigenvalue weighted by Gasteiger charge is -2.16. The molecule has 0 spiro atoms. The van der Waals surface area contributed by atoms with Gasteiger partial charge >= 0.3 is 0 Å². The van der Waals surface area contributed by atoms with Gasteiger partial charge in [0.25, 0.3) is 0 Å². The average molecular weight is 235 g/mol. The maximum atomic E-state index is 8.60. The summed E-state index contributed by atoms with van der Waals surface area (Å²) in [4.78, 5) is 1.71. The number of benzene rings is 1. The molecule has 0 heterocycles. The van der Waals surface area contributed by atoms with Crippen molar-refractivity contribution in [3.63, 3.8) is 0 Å². The van der Waals surface area contributed by atoms with Crippen molar-refractivity contribution in [2.75, 3.05) is 18.8 Å². The molecule has 0 unspecified atom stereocenters. The van der Waals surface area contributed by atoms with Gasteiger partial charge < -0.3 is 5.73 Å². The van der Waals surface area contributed by atoms with Crippen molar-refractivity contribution in [3.8, 4) is 12.1 Å². The molecule has 0 amide bonds. The molecular formula is C11H11ClN4. The molecule has 1 rings (SSSR count). The lowest BCUT2D eigenvalue weighted by Crippen LogP contribution is -2.24. The summed E-state index contributed by atoms with van der Waals surface area (Å²) in [6.45, 7) is 0.878. The van der Waals surface area contributed by atoms with E-state index in [-0.39, 0.29) is 13.1 Å². The third-order valence-electron chi connectivity index (χ3n) is 2.06. The first kappa shape index (κ1) is 12.3. The molecule has 0 aromatic heterocycles. The van der Waals surface area contributed by atoms with Crippen molar-refractivity contribution in [3.05, 3.63) is 28.8 Å². The Kier molecular flexibility index (Phi) is 4.60. The number of anilines is 1. The molecule has 0 aliphatic carbocycles. The van der Waals surface area contributed by atoms with Gasteiger partial charge in [-0.05, 0) is 17.7 Å². The van der Waals surface area contributed by atoms with Gasteiger partial charge in [-0.25, -0.2) is 0 Å². The van der Waals surface area contributed by atoms with Gasteiger partial charge in [0, 0.05) is 17.3 Å². The van der Waals surface area contributed by atoms with Crippen LogP contribution in [0.3, 0.4) is 0 Å². The van der Waals surface area contributed by atoms with E-state index in [9.17, 15) is 0 Å². The van der Waals surface area contributed by atoms with Gasteiger partial charge in [0.15, 0.2) is 0 Å². The van der Waals surface area contributed by atoms with Gasteiger partial charge in [0.1, 0.15) is 0 Å². The second-order valence-corrected chi connectivity index (χ2v) is 3.72. The van der Waals surface area contributed by atoms with E-state index in [1.165, 1.54) is 0 Å². The monoisotopic (exact) mass is 234 g/mol. The molecule has 82 valence electrons. The van der Waals surface area contributed by atoms with Gasteiger partial charge in [-0.15, -0.1) is 0 Å². The predicted octanol–water partition coefficient (Wildman–Crippen LogP) is 1.77. The summed E-state index contributed by atoms with van der Waals surface area (Å²) < 4.78 is 0. The van der Waals surface area contributed by atoms with Gasteiger partial charge in [0.2, 0.25) is 0 Å². The molecule has 1 aromatic carbocycles. The SMILES string of the molecule is N#CCN(CC#N)Cc1ccc(N)cc1Cl. The van der Waals surface area contributed by atoms with Crippen molar-refractivity contribution >= 4 is 17.3 Å². The van der Waals surface area contributed by atoms with E-state index < -0.39 is 0 Å². The summed E-state index contributed by atoms with van der Waals surface area (Å²) in [6.07, 6.45) is 0. The van der Waals surface area contributed by atoms with Gasteiger partial charge in [-0.2, -0.15) is 10.5 Å². The third kappa shape index (κ3) is 3.43. The number of nitrogens with two attached hydrogens (primary N) is 1. The molecule has 0 aliphatic heterocycles. The zero-order chi connectivity index (χ0) is 12.0. The lowest BCUT2D eigenvalue weighted by molar-refractivity contribution is 0.335. The van der Waals surface area contributed by atoms with Crippen LogP contribution >= 0.6 is 11.6 Å². The first-order valence-electron chi connectivity index (χ1n) is 4.67. The molecule has 16 heavy (non-hydrogen) atoms. The average Bonchev–Trinajstić information content (AvgIpc) is 2.23. The van der Waals surface area contributed by atoms with Crippen molar-refractivity contribution in [2.45, 2.75) is 6.54 Å².